The number of nitrogens with zero attached hydrogens (tertiary/aromatic N) is 3. The first-order valence-corrected chi connectivity index (χ1v) is 21.4. The normalized spacial score (nSPS) is 30.7. The molecule has 15 heteroatoms. The van der Waals surface area contributed by atoms with E-state index in [2.05, 4.69) is 38.0 Å². The second-order valence-electron chi connectivity index (χ2n) is 18.4. The molecule has 4 saturated carbocycles. The summed E-state index contributed by atoms with van der Waals surface area (Å²) in [5.41, 5.74) is -1.46. The molecule has 3 amide bonds. The Morgan fingerprint density at radius 2 is 1.57 bits per heavy atom. The van der Waals surface area contributed by atoms with Crippen molar-refractivity contribution >= 4 is 51.6 Å². The summed E-state index contributed by atoms with van der Waals surface area (Å²) in [4.78, 5) is 63.4. The van der Waals surface area contributed by atoms with Crippen LogP contribution in [0.1, 0.15) is 78.6 Å². The average Bonchev–Trinajstić information content (AvgIpc) is 3.58. The van der Waals surface area contributed by atoms with Crippen molar-refractivity contribution in [1.82, 2.24) is 4.90 Å². The second-order valence-corrected chi connectivity index (χ2v) is 18.4. The van der Waals surface area contributed by atoms with E-state index in [9.17, 15) is 39.7 Å². The summed E-state index contributed by atoms with van der Waals surface area (Å²) < 4.78 is 12.4. The van der Waals surface area contributed by atoms with Gasteiger partial charge in [-0.3, -0.25) is 35.7 Å². The first-order valence-electron chi connectivity index (χ1n) is 21.4. The van der Waals surface area contributed by atoms with Gasteiger partial charge in [-0.1, -0.05) is 57.2 Å². The Hall–Kier alpha value is -5.57. The topological polar surface area (TPSA) is 203 Å². The van der Waals surface area contributed by atoms with Gasteiger partial charge in [0, 0.05) is 43.2 Å². The number of nitro benzene ring substituents is 2. The predicted octanol–water partition coefficient (Wildman–Crippen LogP) is 9.49. The van der Waals surface area contributed by atoms with E-state index in [1.54, 1.807) is 18.0 Å². The van der Waals surface area contributed by atoms with E-state index in [1.807, 2.05) is 42.5 Å². The molecule has 326 valence electrons. The molecule has 0 radical (unpaired) electrons. The number of non-ortho nitro benzene ring substituents is 2. The molecular formula is C46H57N5O10. The smallest absolute Gasteiger partial charge is 0.411 e. The number of anilines is 2. The predicted molar refractivity (Wildman–Crippen MR) is 230 cm³/mol. The summed E-state index contributed by atoms with van der Waals surface area (Å²) in [6.07, 6.45) is 4.17. The molecule has 4 fully saturated rings. The van der Waals surface area contributed by atoms with Gasteiger partial charge in [0.25, 0.3) is 11.4 Å². The SMILES string of the molecule is C=CCN(C)C(=O)CC[C@@H](C)[C@H]1CC[C@H]2[C@@H]3[C@H](O)CC4C[C@H](OC(=O)Nc5ccc6ccccc6c5)CC[C@]4(C)[C@H]3C[C@H](OC(=O)Nc3cc([N+](=O)[O-])cc([N+](=O)[O-])c3)[C@]12C. The number of hydrogen-bond donors (Lipinski definition) is 3. The monoisotopic (exact) mass is 839 g/mol. The summed E-state index contributed by atoms with van der Waals surface area (Å²) >= 11 is 0. The lowest BCUT2D eigenvalue weighted by atomic mass is 9.43. The molecule has 4 aliphatic carbocycles. The van der Waals surface area contributed by atoms with Crippen LogP contribution in [0, 0.1) is 66.6 Å². The van der Waals surface area contributed by atoms with Crippen LogP contribution in [0.4, 0.5) is 32.3 Å². The molecule has 0 spiro atoms. The Kier molecular flexibility index (Phi) is 12.4. The fourth-order valence-electron chi connectivity index (χ4n) is 12.1. The number of rotatable bonds is 12. The van der Waals surface area contributed by atoms with Gasteiger partial charge in [0.05, 0.1) is 27.7 Å². The third-order valence-electron chi connectivity index (χ3n) is 15.2. The molecule has 1 unspecified atom stereocenters. The van der Waals surface area contributed by atoms with Crippen molar-refractivity contribution in [2.75, 3.05) is 24.2 Å². The quantitative estimate of drug-likeness (QED) is 0.0895. The molecule has 4 aliphatic rings. The highest BCUT2D eigenvalue weighted by atomic mass is 16.6. The van der Waals surface area contributed by atoms with Crippen molar-refractivity contribution < 1.29 is 38.8 Å². The minimum atomic E-state index is -0.884. The van der Waals surface area contributed by atoms with E-state index in [0.29, 0.717) is 50.8 Å². The molecule has 7 rings (SSSR count). The van der Waals surface area contributed by atoms with E-state index < -0.39 is 51.0 Å². The Morgan fingerprint density at radius 3 is 2.26 bits per heavy atom. The zero-order chi connectivity index (χ0) is 43.8. The van der Waals surface area contributed by atoms with Crippen LogP contribution in [0.25, 0.3) is 10.8 Å². The minimum absolute atomic E-state index is 0.0146. The van der Waals surface area contributed by atoms with Crippen molar-refractivity contribution in [1.29, 1.82) is 0 Å². The standard InChI is InChI=1S/C46H57N5O10/c1-6-19-49(5)41(53)16-11-27(2)36-14-15-37-42-38(26-40(46(36,37)4)61-44(55)48-32-23-33(50(56)57)25-34(24-32)51(58)59)45(3)18-17-35(21-30(45)22-39(42)52)60-43(54)47-31-13-12-28-9-7-8-10-29(28)20-31/h6-10,12-13,20,23-25,27,30,35-40,42,52H,1,11,14-19,21-22,26H2,2-5H3,(H,47,54)(H,48,55)/t27-,30?,35-,36-,37+,38+,39-,40+,42+,45+,46-/m1/s1. The largest absolute Gasteiger partial charge is 0.446 e. The van der Waals surface area contributed by atoms with Gasteiger partial charge in [-0.2, -0.15) is 0 Å². The number of likely N-dealkylation sites (N-methyl/N-ethyl adjacent to an activating group) is 1. The molecule has 0 aliphatic heterocycles. The third-order valence-corrected chi connectivity index (χ3v) is 15.2. The van der Waals surface area contributed by atoms with Crippen LogP contribution >= 0.6 is 0 Å². The van der Waals surface area contributed by atoms with E-state index >= 15 is 0 Å². The Labute approximate surface area is 355 Å². The van der Waals surface area contributed by atoms with Gasteiger partial charge in [0.1, 0.15) is 12.2 Å². The van der Waals surface area contributed by atoms with E-state index in [0.717, 1.165) is 48.2 Å². The fourth-order valence-corrected chi connectivity index (χ4v) is 12.1. The first kappa shape index (κ1) is 43.5. The van der Waals surface area contributed by atoms with Crippen LogP contribution in [-0.2, 0) is 14.3 Å². The number of aliphatic hydroxyl groups excluding tert-OH is 1. The first-order chi connectivity index (χ1) is 29.0. The fraction of sp³-hybridized carbons (Fsp3) is 0.543. The second kappa shape index (κ2) is 17.4. The molecular weight excluding hydrogens is 783 g/mol. The molecule has 0 aromatic heterocycles. The van der Waals surface area contributed by atoms with Gasteiger partial charge in [0.2, 0.25) is 5.91 Å². The molecule has 3 N–H and O–H groups in total. The summed E-state index contributed by atoms with van der Waals surface area (Å²) in [5.74, 6) is -0.0135. The van der Waals surface area contributed by atoms with Crippen LogP contribution in [0.15, 0.2) is 73.3 Å². The minimum Gasteiger partial charge on any atom is -0.446 e. The molecule has 61 heavy (non-hydrogen) atoms. The Morgan fingerprint density at radius 1 is 0.902 bits per heavy atom. The molecule has 0 heterocycles. The number of nitro groups is 2. The summed E-state index contributed by atoms with van der Waals surface area (Å²) in [6, 6.07) is 16.5. The zero-order valence-electron chi connectivity index (χ0n) is 35.3. The van der Waals surface area contributed by atoms with E-state index in [4.69, 9.17) is 9.47 Å². The van der Waals surface area contributed by atoms with E-state index in [-0.39, 0.29) is 58.6 Å². The maximum Gasteiger partial charge on any atom is 0.411 e. The van der Waals surface area contributed by atoms with Gasteiger partial charge in [0.15, 0.2) is 0 Å². The van der Waals surface area contributed by atoms with Crippen molar-refractivity contribution in [3.05, 3.63) is 93.5 Å². The molecule has 15 nitrogen and oxygen atoms in total. The lowest BCUT2D eigenvalue weighted by molar-refractivity contribution is -0.394. The van der Waals surface area contributed by atoms with Crippen molar-refractivity contribution in [2.24, 2.45) is 46.3 Å². The summed E-state index contributed by atoms with van der Waals surface area (Å²) in [5, 5.41) is 42.9. The van der Waals surface area contributed by atoms with Gasteiger partial charge >= 0.3 is 12.2 Å². The number of benzene rings is 3. The zero-order valence-corrected chi connectivity index (χ0v) is 35.3. The number of ether oxygens (including phenoxy) is 2. The number of hydrogen-bond acceptors (Lipinski definition) is 10. The molecule has 0 saturated heterocycles. The van der Waals surface area contributed by atoms with Gasteiger partial charge in [-0.15, -0.1) is 6.58 Å². The summed E-state index contributed by atoms with van der Waals surface area (Å²) in [6.45, 7) is 10.7. The number of carbonyl (C=O) groups is 3. The van der Waals surface area contributed by atoms with Crippen LogP contribution in [0.3, 0.4) is 0 Å². The van der Waals surface area contributed by atoms with Crippen molar-refractivity contribution in [2.45, 2.75) is 96.9 Å². The van der Waals surface area contributed by atoms with E-state index in [1.165, 1.54) is 0 Å². The molecule has 3 aromatic rings. The van der Waals surface area contributed by atoms with Crippen molar-refractivity contribution in [3.8, 4) is 0 Å². The highest BCUT2D eigenvalue weighted by Crippen LogP contribution is 2.69. The molecule has 0 bridgehead atoms. The highest BCUT2D eigenvalue weighted by Gasteiger charge is 2.67. The lowest BCUT2D eigenvalue weighted by Crippen LogP contribution is -2.63. The molecule has 11 atom stereocenters. The van der Waals surface area contributed by atoms with Gasteiger partial charge < -0.3 is 19.5 Å². The third kappa shape index (κ3) is 8.66. The number of carbonyl (C=O) groups excluding carboxylic acids is 3. The molecule has 3 aromatic carbocycles. The Bertz CT molecular complexity index is 2170. The number of nitrogens with one attached hydrogen (secondary N) is 2. The number of fused-ring (bicyclic) bond motifs is 6. The highest BCUT2D eigenvalue weighted by molar-refractivity contribution is 5.91. The van der Waals surface area contributed by atoms with Crippen LogP contribution in [0.2, 0.25) is 0 Å². The Balaban J connectivity index is 1.12. The van der Waals surface area contributed by atoms with Crippen LogP contribution in [0.5, 0.6) is 0 Å². The van der Waals surface area contributed by atoms with Gasteiger partial charge in [-0.05, 0) is 115 Å². The van der Waals surface area contributed by atoms with Gasteiger partial charge in [-0.25, -0.2) is 9.59 Å². The maximum atomic E-state index is 13.9. The summed E-state index contributed by atoms with van der Waals surface area (Å²) in [7, 11) is 1.75. The number of amides is 3. The average molecular weight is 840 g/mol. The van der Waals surface area contributed by atoms with Crippen LogP contribution in [-0.4, -0.2) is 69.9 Å². The lowest BCUT2D eigenvalue weighted by Gasteiger charge is -2.63. The van der Waals surface area contributed by atoms with Crippen LogP contribution < -0.4 is 10.6 Å². The van der Waals surface area contributed by atoms with Crippen molar-refractivity contribution in [3.63, 3.8) is 0 Å². The number of aliphatic hydroxyl groups is 1. The maximum absolute atomic E-state index is 13.9.